The van der Waals surface area contributed by atoms with Crippen molar-refractivity contribution in [2.45, 2.75) is 142 Å². The van der Waals surface area contributed by atoms with Gasteiger partial charge in [0.15, 0.2) is 0 Å². The molecule has 1 saturated carbocycles. The zero-order valence-electron chi connectivity index (χ0n) is 46.9. The number of thiazole rings is 1. The molecule has 1 aliphatic carbocycles. The first-order chi connectivity index (χ1) is 37.6. The van der Waals surface area contributed by atoms with Crippen LogP contribution < -0.4 is 21.0 Å². The molecule has 4 aromatic rings. The number of nitrogens with one attached hydrogen (secondary N) is 3. The molecule has 18 nitrogen and oxygen atoms in total. The number of carbonyl (C=O) groups excluding carboxylic acids is 4. The maximum Gasteiger partial charge on any atom is 0.324 e. The van der Waals surface area contributed by atoms with E-state index in [0.717, 1.165) is 127 Å². The van der Waals surface area contributed by atoms with Crippen molar-refractivity contribution >= 4 is 51.6 Å². The Morgan fingerprint density at radius 1 is 1.01 bits per heavy atom. The summed E-state index contributed by atoms with van der Waals surface area (Å²) in [5.74, 6) is -0.0767. The number of ether oxygens (including phenoxy) is 3. The highest BCUT2D eigenvalue weighted by Crippen LogP contribution is 2.46. The lowest BCUT2D eigenvalue weighted by Gasteiger charge is -2.44. The van der Waals surface area contributed by atoms with E-state index in [1.165, 1.54) is 29.2 Å². The molecule has 3 N–H and O–H groups in total. The molecule has 6 saturated heterocycles. The van der Waals surface area contributed by atoms with Gasteiger partial charge in [-0.25, -0.2) is 10.4 Å². The first-order valence-electron chi connectivity index (χ1n) is 29.1. The molecular formula is C59H81N11O7S. The van der Waals surface area contributed by atoms with E-state index in [4.69, 9.17) is 24.2 Å². The van der Waals surface area contributed by atoms with Gasteiger partial charge in [-0.1, -0.05) is 33.8 Å². The average molecular weight is 1090 g/mol. The van der Waals surface area contributed by atoms with Crippen LogP contribution in [0.2, 0.25) is 0 Å². The lowest BCUT2D eigenvalue weighted by Crippen LogP contribution is -2.62. The largest absolute Gasteiger partial charge is 0.464 e. The Hall–Kier alpha value is -5.02. The molecule has 7 fully saturated rings. The quantitative estimate of drug-likeness (QED) is 0.128. The molecule has 1 aromatic carbocycles. The van der Waals surface area contributed by atoms with E-state index in [0.29, 0.717) is 56.9 Å². The Balaban J connectivity index is 0.864. The van der Waals surface area contributed by atoms with E-state index in [9.17, 15) is 19.2 Å². The van der Waals surface area contributed by atoms with Gasteiger partial charge >= 0.3 is 5.97 Å². The van der Waals surface area contributed by atoms with Crippen molar-refractivity contribution in [1.29, 1.82) is 0 Å². The van der Waals surface area contributed by atoms with Crippen LogP contribution >= 0.6 is 11.3 Å². The zero-order chi connectivity index (χ0) is 54.2. The summed E-state index contributed by atoms with van der Waals surface area (Å²) >= 11 is 1.49. The third kappa shape index (κ3) is 10.5. The maximum absolute atomic E-state index is 14.9. The fraction of sp³-hybridized carbons (Fsp3) is 0.661. The summed E-state index contributed by atoms with van der Waals surface area (Å²) in [7, 11) is 1.73. The summed E-state index contributed by atoms with van der Waals surface area (Å²) < 4.78 is 20.7. The number of nitrogens with zero attached hydrogens (tertiary/aromatic N) is 8. The SMILES string of the molecule is CCn1c(-c2cc(N3CCN4CCOC[C@@H]4C3)cnc2[C@H](C)OC)c2c3cc(ccc31)-c1csc(n1)C[C@H](NC(=O)C(C(C)C)N1CC[C@]3(CCN(C(=O)[C@@H]4NC4C4CC4)C3)C1)C(=O)N1CCC[C@H](N1)C(=O)OCC(C)(C)C2. The minimum atomic E-state index is -0.956. The second-order valence-electron chi connectivity index (χ2n) is 25.1. The molecule has 3 aromatic heterocycles. The summed E-state index contributed by atoms with van der Waals surface area (Å²) in [6.45, 7) is 22.0. The lowest BCUT2D eigenvalue weighted by molar-refractivity contribution is -0.155. The molecule has 0 radical (unpaired) electrons. The number of carbonyl (C=O) groups is 4. The number of anilines is 1. The van der Waals surface area contributed by atoms with Gasteiger partial charge in [0.1, 0.15) is 18.1 Å². The highest BCUT2D eigenvalue weighted by molar-refractivity contribution is 7.10. The summed E-state index contributed by atoms with van der Waals surface area (Å²) in [5.41, 5.74) is 10.6. The highest BCUT2D eigenvalue weighted by atomic mass is 32.1. The van der Waals surface area contributed by atoms with Crippen LogP contribution in [0.1, 0.15) is 102 Å². The number of esters is 1. The van der Waals surface area contributed by atoms with E-state index in [1.54, 1.807) is 7.11 Å². The number of methoxy groups -OCH3 is 1. The summed E-state index contributed by atoms with van der Waals surface area (Å²) in [6, 6.07) is 7.34. The second kappa shape index (κ2) is 21.5. The van der Waals surface area contributed by atoms with Crippen molar-refractivity contribution in [3.63, 3.8) is 0 Å². The second-order valence-corrected chi connectivity index (χ2v) is 26.0. The van der Waals surface area contributed by atoms with Gasteiger partial charge in [-0.3, -0.25) is 44.3 Å². The monoisotopic (exact) mass is 1090 g/mol. The van der Waals surface area contributed by atoms with Gasteiger partial charge in [0.05, 0.1) is 72.0 Å². The number of aromatic nitrogens is 3. The number of amides is 3. The Kier molecular flexibility index (Phi) is 14.8. The van der Waals surface area contributed by atoms with E-state index >= 15 is 0 Å². The average Bonchev–Trinajstić information content (AvgIpc) is 4.48. The number of rotatable bonds is 11. The van der Waals surface area contributed by atoms with E-state index < -0.39 is 29.5 Å². The van der Waals surface area contributed by atoms with E-state index in [2.05, 4.69) is 111 Å². The molecule has 78 heavy (non-hydrogen) atoms. The maximum atomic E-state index is 14.9. The number of likely N-dealkylation sites (tertiary alicyclic amines) is 2. The van der Waals surface area contributed by atoms with Crippen LogP contribution in [0, 0.1) is 22.7 Å². The molecule has 1 spiro atoms. The van der Waals surface area contributed by atoms with Crippen LogP contribution in [-0.4, -0.2) is 180 Å². The highest BCUT2D eigenvalue weighted by Gasteiger charge is 2.55. The topological polar surface area (TPSA) is 189 Å². The molecule has 8 atom stereocenters. The number of hydrogen-bond donors (Lipinski definition) is 3. The van der Waals surface area contributed by atoms with Crippen LogP contribution in [0.4, 0.5) is 5.69 Å². The predicted molar refractivity (Wildman–Crippen MR) is 300 cm³/mol. The molecule has 7 aliphatic heterocycles. The number of aryl methyl sites for hydroxylation is 1. The van der Waals surface area contributed by atoms with Crippen molar-refractivity contribution in [2.75, 3.05) is 90.7 Å². The Bertz CT molecular complexity index is 2940. The molecule has 12 rings (SSSR count). The minimum absolute atomic E-state index is 0.0366. The first kappa shape index (κ1) is 53.6. The van der Waals surface area contributed by atoms with E-state index in [-0.39, 0.29) is 54.2 Å². The van der Waals surface area contributed by atoms with Crippen LogP contribution in [0.25, 0.3) is 33.4 Å². The Morgan fingerprint density at radius 3 is 2.64 bits per heavy atom. The van der Waals surface area contributed by atoms with Gasteiger partial charge in [0, 0.05) is 117 Å². The standard InChI is InChI=1S/C59H81N11O7S/c1-8-69-47-14-13-38-24-41(47)43(53(69)42-25-39(28-60-49(42)36(4)75-7)66-21-20-65-22-23-76-30-40(65)29-66)27-58(5,6)34-77-57(74)44-10-9-17-70(64-44)55(72)45(26-48-61-46(38)31-78-48)62-54(71)52(35(2)3)67-18-15-59(32-67)16-19-68(33-59)56(73)51-50(63-51)37-11-12-37/h13-14,24-25,28,31,35-37,40,44-45,50-52,63-64H,8-12,15-23,26-27,29-30,32-34H2,1-7H3,(H,62,71)/t36-,40-,44-,45-,50?,51+,52?,59-/m0/s1. The molecule has 2 unspecified atom stereocenters. The van der Waals surface area contributed by atoms with Crippen LogP contribution in [0.3, 0.4) is 0 Å². The van der Waals surface area contributed by atoms with Gasteiger partial charge in [0.2, 0.25) is 11.8 Å². The van der Waals surface area contributed by atoms with Gasteiger partial charge in [-0.15, -0.1) is 11.3 Å². The number of benzene rings is 1. The molecule has 8 aliphatic rings. The number of cyclic esters (lactones) is 1. The third-order valence-corrected chi connectivity index (χ3v) is 19.4. The Labute approximate surface area is 463 Å². The third-order valence-electron chi connectivity index (χ3n) is 18.6. The number of hydrazine groups is 1. The van der Waals surface area contributed by atoms with Gasteiger partial charge in [-0.2, -0.15) is 0 Å². The van der Waals surface area contributed by atoms with E-state index in [1.807, 2.05) is 6.20 Å². The minimum Gasteiger partial charge on any atom is -0.464 e. The number of morpholine rings is 1. The summed E-state index contributed by atoms with van der Waals surface area (Å²) in [6.07, 6.45) is 7.84. The van der Waals surface area contributed by atoms with Crippen molar-refractivity contribution < 1.29 is 33.4 Å². The fourth-order valence-electron chi connectivity index (χ4n) is 14.0. The molecule has 19 heteroatoms. The van der Waals surface area contributed by atoms with Crippen LogP contribution in [-0.2, 0) is 52.8 Å². The van der Waals surface area contributed by atoms with Crippen molar-refractivity contribution in [3.05, 3.63) is 52.1 Å². The summed E-state index contributed by atoms with van der Waals surface area (Å²) in [5, 5.41) is 12.1. The molecular weight excluding hydrogens is 1010 g/mol. The van der Waals surface area contributed by atoms with Crippen molar-refractivity contribution in [2.24, 2.45) is 22.7 Å². The Morgan fingerprint density at radius 2 is 1.85 bits per heavy atom. The predicted octanol–water partition coefficient (Wildman–Crippen LogP) is 5.42. The lowest BCUT2D eigenvalue weighted by atomic mass is 9.84. The first-order valence-corrected chi connectivity index (χ1v) is 30.0. The normalized spacial score (nSPS) is 28.7. The van der Waals surface area contributed by atoms with Gasteiger partial charge in [0.25, 0.3) is 5.91 Å². The van der Waals surface area contributed by atoms with Crippen LogP contribution in [0.15, 0.2) is 35.8 Å². The van der Waals surface area contributed by atoms with Gasteiger partial charge < -0.3 is 33.9 Å². The molecule has 420 valence electrons. The van der Waals surface area contributed by atoms with Crippen LogP contribution in [0.5, 0.6) is 0 Å². The molecule has 3 amide bonds. The number of piperazine rings is 1. The van der Waals surface area contributed by atoms with Gasteiger partial charge in [-0.05, 0) is 101 Å². The number of hydrogen-bond acceptors (Lipinski definition) is 15. The van der Waals surface area contributed by atoms with Crippen molar-refractivity contribution in [3.8, 4) is 22.5 Å². The van der Waals surface area contributed by atoms with Crippen molar-refractivity contribution in [1.82, 2.24) is 50.3 Å². The zero-order valence-corrected chi connectivity index (χ0v) is 47.7. The molecule has 6 bridgehead atoms. The number of fused-ring (bicyclic) bond motifs is 7. The fourth-order valence-corrected chi connectivity index (χ4v) is 14.9. The summed E-state index contributed by atoms with van der Waals surface area (Å²) in [4.78, 5) is 77.4. The molecule has 10 heterocycles. The smallest absolute Gasteiger partial charge is 0.324 e. The number of pyridine rings is 1.